The second-order valence-corrected chi connectivity index (χ2v) is 4.49. The number of carbonyl (C=O) groups is 1. The maximum absolute atomic E-state index is 11.7. The summed E-state index contributed by atoms with van der Waals surface area (Å²) in [4.78, 5) is 11.7. The number of epoxide rings is 1. The first kappa shape index (κ1) is 11.2. The molecule has 2 aromatic carbocycles. The van der Waals surface area contributed by atoms with E-state index in [-0.39, 0.29) is 11.9 Å². The van der Waals surface area contributed by atoms with Gasteiger partial charge in [0, 0.05) is 5.39 Å². The number of benzene rings is 2. The lowest BCUT2D eigenvalue weighted by molar-refractivity contribution is 0.101. The van der Waals surface area contributed by atoms with Crippen LogP contribution in [0.1, 0.15) is 17.3 Å². The van der Waals surface area contributed by atoms with Gasteiger partial charge < -0.3 is 9.47 Å². The van der Waals surface area contributed by atoms with Gasteiger partial charge in [-0.1, -0.05) is 30.3 Å². The van der Waals surface area contributed by atoms with E-state index >= 15 is 0 Å². The molecule has 1 aliphatic rings. The molecule has 1 aliphatic heterocycles. The molecule has 0 aliphatic carbocycles. The average molecular weight is 242 g/mol. The minimum absolute atomic E-state index is 0.0208. The zero-order chi connectivity index (χ0) is 12.5. The molecule has 0 amide bonds. The van der Waals surface area contributed by atoms with Gasteiger partial charge in [0.2, 0.25) is 0 Å². The molecule has 0 aromatic heterocycles. The molecule has 0 spiro atoms. The van der Waals surface area contributed by atoms with Crippen molar-refractivity contribution in [3.05, 3.63) is 42.0 Å². The number of fused-ring (bicyclic) bond motifs is 1. The van der Waals surface area contributed by atoms with Crippen LogP contribution in [-0.4, -0.2) is 25.1 Å². The van der Waals surface area contributed by atoms with Gasteiger partial charge >= 0.3 is 0 Å². The molecule has 1 atom stereocenters. The summed E-state index contributed by atoms with van der Waals surface area (Å²) in [7, 11) is 0. The Morgan fingerprint density at radius 3 is 2.83 bits per heavy atom. The van der Waals surface area contributed by atoms with Crippen LogP contribution in [0.4, 0.5) is 0 Å². The molecule has 1 unspecified atom stereocenters. The molecule has 2 aromatic rings. The fourth-order valence-corrected chi connectivity index (χ4v) is 2.02. The highest BCUT2D eigenvalue weighted by molar-refractivity contribution is 6.03. The van der Waals surface area contributed by atoms with E-state index in [0.717, 1.165) is 17.4 Å². The highest BCUT2D eigenvalue weighted by Crippen LogP contribution is 2.31. The molecule has 3 rings (SSSR count). The van der Waals surface area contributed by atoms with Crippen LogP contribution >= 0.6 is 0 Å². The first-order chi connectivity index (χ1) is 8.75. The number of hydrogen-bond acceptors (Lipinski definition) is 3. The van der Waals surface area contributed by atoms with E-state index < -0.39 is 0 Å². The highest BCUT2D eigenvalue weighted by Gasteiger charge is 2.24. The van der Waals surface area contributed by atoms with E-state index in [4.69, 9.17) is 9.47 Å². The number of rotatable bonds is 4. The van der Waals surface area contributed by atoms with Gasteiger partial charge in [-0.25, -0.2) is 0 Å². The Labute approximate surface area is 105 Å². The normalized spacial score (nSPS) is 17.7. The summed E-state index contributed by atoms with van der Waals surface area (Å²) in [5.74, 6) is 0.698. The molecule has 0 saturated carbocycles. The number of ketones is 1. The Bertz CT molecular complexity index is 600. The van der Waals surface area contributed by atoms with Crippen molar-refractivity contribution in [3.8, 4) is 5.75 Å². The minimum atomic E-state index is 0.0208. The van der Waals surface area contributed by atoms with E-state index in [1.54, 1.807) is 6.92 Å². The Kier molecular flexibility index (Phi) is 2.76. The fraction of sp³-hybridized carbons (Fsp3) is 0.267. The summed E-state index contributed by atoms with van der Waals surface area (Å²) in [6.07, 6.45) is 0.184. The zero-order valence-corrected chi connectivity index (χ0v) is 10.2. The maximum Gasteiger partial charge on any atom is 0.163 e. The summed E-state index contributed by atoms with van der Waals surface area (Å²) in [5, 5.41) is 2.06. The lowest BCUT2D eigenvalue weighted by Crippen LogP contribution is -2.08. The van der Waals surface area contributed by atoms with Crippen LogP contribution in [0.3, 0.4) is 0 Å². The highest BCUT2D eigenvalue weighted by atomic mass is 16.6. The molecule has 0 radical (unpaired) electrons. The van der Waals surface area contributed by atoms with Crippen LogP contribution in [0.5, 0.6) is 5.75 Å². The largest absolute Gasteiger partial charge is 0.489 e. The topological polar surface area (TPSA) is 38.8 Å². The van der Waals surface area contributed by atoms with Crippen molar-refractivity contribution in [1.82, 2.24) is 0 Å². The van der Waals surface area contributed by atoms with Gasteiger partial charge in [0.1, 0.15) is 18.5 Å². The predicted octanol–water partition coefficient (Wildman–Crippen LogP) is 2.82. The summed E-state index contributed by atoms with van der Waals surface area (Å²) in [6.45, 7) is 2.82. The fourth-order valence-electron chi connectivity index (χ4n) is 2.02. The third-order valence-electron chi connectivity index (χ3n) is 3.07. The first-order valence-electron chi connectivity index (χ1n) is 6.03. The van der Waals surface area contributed by atoms with Gasteiger partial charge in [0.25, 0.3) is 0 Å². The zero-order valence-electron chi connectivity index (χ0n) is 10.2. The van der Waals surface area contributed by atoms with Crippen LogP contribution in [0.2, 0.25) is 0 Å². The molecule has 1 fully saturated rings. The van der Waals surface area contributed by atoms with Crippen LogP contribution in [0.25, 0.3) is 10.8 Å². The second kappa shape index (κ2) is 4.42. The van der Waals surface area contributed by atoms with Crippen LogP contribution in [0.15, 0.2) is 36.4 Å². The van der Waals surface area contributed by atoms with E-state index in [1.165, 1.54) is 0 Å². The Morgan fingerprint density at radius 1 is 1.33 bits per heavy atom. The predicted molar refractivity (Wildman–Crippen MR) is 69.2 cm³/mol. The molecular weight excluding hydrogens is 228 g/mol. The van der Waals surface area contributed by atoms with E-state index in [9.17, 15) is 4.79 Å². The molecule has 1 saturated heterocycles. The van der Waals surface area contributed by atoms with Crippen molar-refractivity contribution < 1.29 is 14.3 Å². The summed E-state index contributed by atoms with van der Waals surface area (Å²) in [6, 6.07) is 11.7. The maximum atomic E-state index is 11.7. The van der Waals surface area contributed by atoms with Gasteiger partial charge in [-0.05, 0) is 18.4 Å². The lowest BCUT2D eigenvalue weighted by Gasteiger charge is -2.12. The van der Waals surface area contributed by atoms with Gasteiger partial charge in [0.05, 0.1) is 12.2 Å². The molecule has 0 N–H and O–H groups in total. The van der Waals surface area contributed by atoms with Crippen molar-refractivity contribution in [2.75, 3.05) is 13.2 Å². The number of Topliss-reactive ketones (excluding diaryl/α,β-unsaturated/α-hetero) is 1. The standard InChI is InChI=1S/C15H14O3/c1-10(16)13-7-6-11-4-2-3-5-14(11)15(13)18-9-12-8-17-12/h2-7,12H,8-9H2,1H3. The van der Waals surface area contributed by atoms with Crippen molar-refractivity contribution in [3.63, 3.8) is 0 Å². The first-order valence-corrected chi connectivity index (χ1v) is 6.03. The molecule has 3 nitrogen and oxygen atoms in total. The smallest absolute Gasteiger partial charge is 0.163 e. The molecule has 1 heterocycles. The quantitative estimate of drug-likeness (QED) is 0.611. The lowest BCUT2D eigenvalue weighted by atomic mass is 10.0. The second-order valence-electron chi connectivity index (χ2n) is 4.49. The van der Waals surface area contributed by atoms with Crippen LogP contribution in [0, 0.1) is 0 Å². The van der Waals surface area contributed by atoms with Crippen molar-refractivity contribution in [2.24, 2.45) is 0 Å². The minimum Gasteiger partial charge on any atom is -0.489 e. The van der Waals surface area contributed by atoms with Crippen molar-refractivity contribution in [2.45, 2.75) is 13.0 Å². The van der Waals surface area contributed by atoms with Crippen LogP contribution in [-0.2, 0) is 4.74 Å². The summed E-state index contributed by atoms with van der Waals surface area (Å²) in [5.41, 5.74) is 0.634. The number of ether oxygens (including phenoxy) is 2. The molecule has 0 bridgehead atoms. The Balaban J connectivity index is 2.08. The van der Waals surface area contributed by atoms with Crippen LogP contribution < -0.4 is 4.74 Å². The van der Waals surface area contributed by atoms with E-state index in [2.05, 4.69) is 0 Å². The Morgan fingerprint density at radius 2 is 2.11 bits per heavy atom. The van der Waals surface area contributed by atoms with E-state index in [1.807, 2.05) is 36.4 Å². The van der Waals surface area contributed by atoms with Crippen molar-refractivity contribution in [1.29, 1.82) is 0 Å². The summed E-state index contributed by atoms with van der Waals surface area (Å²) >= 11 is 0. The molecule has 92 valence electrons. The SMILES string of the molecule is CC(=O)c1ccc2ccccc2c1OCC1CO1. The van der Waals surface area contributed by atoms with Gasteiger partial charge in [0.15, 0.2) is 5.78 Å². The third-order valence-corrected chi connectivity index (χ3v) is 3.07. The molecular formula is C15H14O3. The monoisotopic (exact) mass is 242 g/mol. The number of hydrogen-bond donors (Lipinski definition) is 0. The Hall–Kier alpha value is -1.87. The third kappa shape index (κ3) is 2.09. The average Bonchev–Trinajstić information content (AvgIpc) is 3.19. The van der Waals surface area contributed by atoms with Gasteiger partial charge in [-0.3, -0.25) is 4.79 Å². The van der Waals surface area contributed by atoms with Gasteiger partial charge in [-0.15, -0.1) is 0 Å². The van der Waals surface area contributed by atoms with Crippen molar-refractivity contribution >= 4 is 16.6 Å². The molecule has 3 heteroatoms. The summed E-state index contributed by atoms with van der Waals surface area (Å²) < 4.78 is 10.9. The molecule has 18 heavy (non-hydrogen) atoms. The van der Waals surface area contributed by atoms with Gasteiger partial charge in [-0.2, -0.15) is 0 Å². The van der Waals surface area contributed by atoms with E-state index in [0.29, 0.717) is 17.9 Å². The number of carbonyl (C=O) groups excluding carboxylic acids is 1.